The summed E-state index contributed by atoms with van der Waals surface area (Å²) < 4.78 is 5.97. The van der Waals surface area contributed by atoms with E-state index in [1.807, 2.05) is 7.11 Å². The first-order valence-corrected chi connectivity index (χ1v) is 11.7. The van der Waals surface area contributed by atoms with E-state index in [2.05, 4.69) is 78.2 Å². The fourth-order valence-corrected chi connectivity index (χ4v) is 4.35. The number of carboxylic acid groups (broad SMARTS) is 2. The van der Waals surface area contributed by atoms with E-state index in [9.17, 15) is 9.59 Å². The molecule has 0 spiro atoms. The van der Waals surface area contributed by atoms with Gasteiger partial charge in [0.25, 0.3) is 0 Å². The zero-order valence-electron chi connectivity index (χ0n) is 20.3. The van der Waals surface area contributed by atoms with E-state index in [0.29, 0.717) is 18.2 Å². The number of benzene rings is 2. The number of hydrogen-bond acceptors (Lipinski definition) is 5. The first-order chi connectivity index (χ1) is 16.4. The van der Waals surface area contributed by atoms with Gasteiger partial charge in [-0.3, -0.25) is 0 Å². The van der Waals surface area contributed by atoms with Crippen LogP contribution in [0.25, 0.3) is 0 Å². The normalized spacial score (nSPS) is 16.7. The Morgan fingerprint density at radius 3 is 2.09 bits per heavy atom. The monoisotopic (exact) mass is 468 g/mol. The molecule has 3 rings (SSSR count). The Balaban J connectivity index is 0.000000440. The molecule has 0 fully saturated rings. The molecule has 2 atom stereocenters. The molecular formula is C27H36N2O5. The molecule has 34 heavy (non-hydrogen) atoms. The lowest BCUT2D eigenvalue weighted by Gasteiger charge is -2.35. The zero-order chi connectivity index (χ0) is 24.9. The van der Waals surface area contributed by atoms with Crippen LogP contribution in [-0.4, -0.2) is 66.4 Å². The van der Waals surface area contributed by atoms with Crippen LogP contribution in [-0.2, 0) is 20.7 Å². The molecule has 1 aliphatic rings. The number of aliphatic carboxylic acids is 2. The van der Waals surface area contributed by atoms with Gasteiger partial charge in [0.1, 0.15) is 6.10 Å². The minimum Gasteiger partial charge on any atom is -0.478 e. The van der Waals surface area contributed by atoms with Crippen LogP contribution in [0.2, 0.25) is 0 Å². The second kappa shape index (κ2) is 14.2. The third-order valence-electron chi connectivity index (χ3n) is 6.02. The Kier molecular flexibility index (Phi) is 11.3. The molecule has 0 saturated carbocycles. The quantitative estimate of drug-likeness (QED) is 0.477. The highest BCUT2D eigenvalue weighted by atomic mass is 16.5. The molecule has 2 unspecified atom stereocenters. The minimum atomic E-state index is -1.26. The van der Waals surface area contributed by atoms with Crippen molar-refractivity contribution in [2.75, 3.05) is 38.2 Å². The summed E-state index contributed by atoms with van der Waals surface area (Å²) in [5.41, 5.74) is 4.07. The Bertz CT molecular complexity index is 912. The number of rotatable bonds is 11. The molecule has 0 heterocycles. The van der Waals surface area contributed by atoms with Crippen LogP contribution in [0.15, 0.2) is 66.7 Å². The number of fused-ring (bicyclic) bond motifs is 1. The van der Waals surface area contributed by atoms with E-state index in [1.54, 1.807) is 0 Å². The molecule has 0 radical (unpaired) electrons. The molecule has 0 amide bonds. The van der Waals surface area contributed by atoms with Crippen molar-refractivity contribution in [3.63, 3.8) is 0 Å². The molecule has 2 aromatic carbocycles. The summed E-state index contributed by atoms with van der Waals surface area (Å²) >= 11 is 0. The maximum atomic E-state index is 9.55. The van der Waals surface area contributed by atoms with Crippen molar-refractivity contribution in [2.24, 2.45) is 0 Å². The van der Waals surface area contributed by atoms with Crippen LogP contribution >= 0.6 is 0 Å². The molecule has 1 aliphatic carbocycles. The van der Waals surface area contributed by atoms with Gasteiger partial charge < -0.3 is 24.7 Å². The van der Waals surface area contributed by atoms with Crippen molar-refractivity contribution in [1.29, 1.82) is 0 Å². The van der Waals surface area contributed by atoms with E-state index in [1.165, 1.54) is 23.2 Å². The molecule has 0 saturated heterocycles. The molecule has 184 valence electrons. The van der Waals surface area contributed by atoms with E-state index in [4.69, 9.17) is 14.9 Å². The highest BCUT2D eigenvalue weighted by molar-refractivity contribution is 5.89. The first kappa shape index (κ1) is 27.1. The van der Waals surface area contributed by atoms with Gasteiger partial charge in [-0.2, -0.15) is 0 Å². The van der Waals surface area contributed by atoms with Gasteiger partial charge in [0, 0.05) is 31.5 Å². The largest absolute Gasteiger partial charge is 0.478 e. The lowest BCUT2D eigenvalue weighted by molar-refractivity contribution is -0.134. The summed E-state index contributed by atoms with van der Waals surface area (Å²) in [6.45, 7) is 8.93. The second-order valence-corrected chi connectivity index (χ2v) is 8.05. The van der Waals surface area contributed by atoms with Gasteiger partial charge in [-0.05, 0) is 55.7 Å². The predicted molar refractivity (Wildman–Crippen MR) is 134 cm³/mol. The van der Waals surface area contributed by atoms with Gasteiger partial charge in [-0.1, -0.05) is 56.3 Å². The van der Waals surface area contributed by atoms with Gasteiger partial charge in [0.2, 0.25) is 0 Å². The third-order valence-corrected chi connectivity index (χ3v) is 6.02. The van der Waals surface area contributed by atoms with Gasteiger partial charge in [0.05, 0.1) is 6.04 Å². The molecule has 0 bridgehead atoms. The maximum Gasteiger partial charge on any atom is 0.328 e. The summed E-state index contributed by atoms with van der Waals surface area (Å²) in [7, 11) is 1.85. The molecule has 2 N–H and O–H groups in total. The lowest BCUT2D eigenvalue weighted by Crippen LogP contribution is -2.41. The van der Waals surface area contributed by atoms with Crippen LogP contribution < -0.4 is 4.90 Å². The summed E-state index contributed by atoms with van der Waals surface area (Å²) in [4.78, 5) is 24.2. The minimum absolute atomic E-state index is 0.139. The van der Waals surface area contributed by atoms with Crippen LogP contribution in [0.3, 0.4) is 0 Å². The molecule has 7 heteroatoms. The molecule has 7 nitrogen and oxygen atoms in total. The summed E-state index contributed by atoms with van der Waals surface area (Å²) in [6, 6.07) is 19.9. The van der Waals surface area contributed by atoms with Crippen molar-refractivity contribution in [3.05, 3.63) is 77.9 Å². The van der Waals surface area contributed by atoms with Gasteiger partial charge >= 0.3 is 11.9 Å². The van der Waals surface area contributed by atoms with Gasteiger partial charge in [-0.15, -0.1) is 0 Å². The Morgan fingerprint density at radius 1 is 0.941 bits per heavy atom. The second-order valence-electron chi connectivity index (χ2n) is 8.05. The van der Waals surface area contributed by atoms with Crippen molar-refractivity contribution in [3.8, 4) is 0 Å². The van der Waals surface area contributed by atoms with E-state index in [0.717, 1.165) is 32.6 Å². The van der Waals surface area contributed by atoms with Crippen LogP contribution in [0.4, 0.5) is 5.69 Å². The number of nitrogens with zero attached hydrogens (tertiary/aromatic N) is 2. The van der Waals surface area contributed by atoms with E-state index < -0.39 is 11.9 Å². The van der Waals surface area contributed by atoms with Gasteiger partial charge in [-0.25, -0.2) is 9.59 Å². The SMILES string of the molecule is CCN(CC)CCCN(c1ccccc1)C1Cc2ccccc2C1OC.O=C(O)C=CC(=O)O. The van der Waals surface area contributed by atoms with Crippen molar-refractivity contribution >= 4 is 17.6 Å². The average molecular weight is 469 g/mol. The Hall–Kier alpha value is -3.16. The van der Waals surface area contributed by atoms with Crippen molar-refractivity contribution in [2.45, 2.75) is 38.8 Å². The predicted octanol–water partition coefficient (Wildman–Crippen LogP) is 4.25. The first-order valence-electron chi connectivity index (χ1n) is 11.7. The molecule has 0 aliphatic heterocycles. The Morgan fingerprint density at radius 2 is 1.53 bits per heavy atom. The number of ether oxygens (including phenoxy) is 1. The van der Waals surface area contributed by atoms with Crippen LogP contribution in [0.5, 0.6) is 0 Å². The number of para-hydroxylation sites is 1. The van der Waals surface area contributed by atoms with Crippen molar-refractivity contribution < 1.29 is 24.5 Å². The number of anilines is 1. The summed E-state index contributed by atoms with van der Waals surface area (Å²) in [5, 5.41) is 15.6. The third kappa shape index (κ3) is 8.01. The highest BCUT2D eigenvalue weighted by Crippen LogP contribution is 2.38. The standard InChI is InChI=1S/C23H32N2O.C4H4O4/c1-4-24(5-2)16-11-17-25(20-13-7-6-8-14-20)22-18-19-12-9-10-15-21(19)23(22)26-3;5-3(6)1-2-4(7)8/h6-10,12-15,22-23H,4-5,11,16-18H2,1-3H3;1-2H,(H,5,6)(H,7,8). The number of methoxy groups -OCH3 is 1. The summed E-state index contributed by atoms with van der Waals surface area (Å²) in [5.74, 6) is -2.51. The smallest absolute Gasteiger partial charge is 0.328 e. The number of carboxylic acids is 2. The molecule has 2 aromatic rings. The summed E-state index contributed by atoms with van der Waals surface area (Å²) in [6.07, 6.45) is 3.47. The maximum absolute atomic E-state index is 9.55. The fraction of sp³-hybridized carbons (Fsp3) is 0.407. The zero-order valence-corrected chi connectivity index (χ0v) is 20.3. The van der Waals surface area contributed by atoms with E-state index >= 15 is 0 Å². The fourth-order valence-electron chi connectivity index (χ4n) is 4.35. The topological polar surface area (TPSA) is 90.3 Å². The molecule has 0 aromatic heterocycles. The lowest BCUT2D eigenvalue weighted by atomic mass is 10.1. The number of hydrogen-bond donors (Lipinski definition) is 2. The van der Waals surface area contributed by atoms with Crippen LogP contribution in [0.1, 0.15) is 37.5 Å². The Labute approximate surface area is 202 Å². The molecular weight excluding hydrogens is 432 g/mol. The van der Waals surface area contributed by atoms with Gasteiger partial charge in [0.15, 0.2) is 0 Å². The number of carbonyl (C=O) groups is 2. The van der Waals surface area contributed by atoms with E-state index in [-0.39, 0.29) is 6.10 Å². The average Bonchev–Trinajstić information content (AvgIpc) is 3.22. The highest BCUT2D eigenvalue weighted by Gasteiger charge is 2.36. The van der Waals surface area contributed by atoms with Crippen molar-refractivity contribution in [1.82, 2.24) is 4.90 Å². The van der Waals surface area contributed by atoms with Crippen LogP contribution in [0, 0.1) is 0 Å².